The highest BCUT2D eigenvalue weighted by Crippen LogP contribution is 2.34. The predicted molar refractivity (Wildman–Crippen MR) is 75.6 cm³/mol. The van der Waals surface area contributed by atoms with E-state index in [1.807, 2.05) is 13.0 Å². The lowest BCUT2D eigenvalue weighted by molar-refractivity contribution is -0.382. The molecule has 19 heavy (non-hydrogen) atoms. The highest BCUT2D eigenvalue weighted by molar-refractivity contribution is 7.16. The van der Waals surface area contributed by atoms with Crippen LogP contribution in [0.25, 0.3) is 10.2 Å². The van der Waals surface area contributed by atoms with Crippen LogP contribution < -0.4 is 5.32 Å². The zero-order chi connectivity index (χ0) is 13.8. The van der Waals surface area contributed by atoms with Crippen molar-refractivity contribution >= 4 is 32.9 Å². The second kappa shape index (κ2) is 5.94. The van der Waals surface area contributed by atoms with Crippen molar-refractivity contribution in [2.24, 2.45) is 5.92 Å². The third kappa shape index (κ3) is 2.99. The van der Waals surface area contributed by atoms with E-state index < -0.39 is 4.92 Å². The summed E-state index contributed by atoms with van der Waals surface area (Å²) >= 11 is 1.38. The van der Waals surface area contributed by atoms with Crippen LogP contribution in [0.2, 0.25) is 0 Å². The van der Waals surface area contributed by atoms with E-state index in [-0.39, 0.29) is 18.2 Å². The van der Waals surface area contributed by atoms with E-state index in [1.54, 1.807) is 11.6 Å². The van der Waals surface area contributed by atoms with Crippen molar-refractivity contribution in [3.8, 4) is 0 Å². The minimum atomic E-state index is -0.402. The molecule has 1 atom stereocenters. The van der Waals surface area contributed by atoms with Gasteiger partial charge in [0.15, 0.2) is 5.52 Å². The Hall–Kier alpha value is -1.73. The number of thiazole rings is 1. The number of nitro groups is 1. The Labute approximate surface area is 114 Å². The van der Waals surface area contributed by atoms with Crippen LogP contribution in [0.1, 0.15) is 13.3 Å². The van der Waals surface area contributed by atoms with Crippen LogP contribution in [-0.4, -0.2) is 28.2 Å². The molecular formula is C12H15N3O3S. The summed E-state index contributed by atoms with van der Waals surface area (Å²) in [5, 5.41) is 23.1. The molecule has 0 radical (unpaired) electrons. The number of nitrogens with zero attached hydrogens (tertiary/aromatic N) is 2. The van der Waals surface area contributed by atoms with Gasteiger partial charge in [0.2, 0.25) is 0 Å². The first kappa shape index (κ1) is 13.7. The molecule has 1 unspecified atom stereocenters. The fourth-order valence-corrected chi connectivity index (χ4v) is 2.53. The molecule has 1 aromatic carbocycles. The third-order valence-electron chi connectivity index (χ3n) is 2.92. The number of aliphatic hydroxyl groups excluding tert-OH is 1. The lowest BCUT2D eigenvalue weighted by Gasteiger charge is -2.12. The average Bonchev–Trinajstić information content (AvgIpc) is 2.83. The molecular weight excluding hydrogens is 266 g/mol. The summed E-state index contributed by atoms with van der Waals surface area (Å²) < 4.78 is 0.806. The summed E-state index contributed by atoms with van der Waals surface area (Å²) in [5.41, 5.74) is 2.54. The Bertz CT molecular complexity index is 585. The summed E-state index contributed by atoms with van der Waals surface area (Å²) in [4.78, 5) is 14.9. The number of rotatable bonds is 6. The zero-order valence-electron chi connectivity index (χ0n) is 10.5. The van der Waals surface area contributed by atoms with Crippen molar-refractivity contribution in [3.63, 3.8) is 0 Å². The maximum absolute atomic E-state index is 11.2. The predicted octanol–water partition coefficient (Wildman–Crippen LogP) is 2.63. The van der Waals surface area contributed by atoms with Gasteiger partial charge in [0.25, 0.3) is 0 Å². The van der Waals surface area contributed by atoms with Gasteiger partial charge in [-0.15, -0.1) is 11.3 Å². The van der Waals surface area contributed by atoms with Crippen LogP contribution in [0, 0.1) is 16.0 Å². The lowest BCUT2D eigenvalue weighted by Crippen LogP contribution is -2.13. The van der Waals surface area contributed by atoms with Gasteiger partial charge in [-0.05, 0) is 24.5 Å². The molecule has 0 aliphatic heterocycles. The van der Waals surface area contributed by atoms with Gasteiger partial charge >= 0.3 is 5.69 Å². The highest BCUT2D eigenvalue weighted by Gasteiger charge is 2.20. The van der Waals surface area contributed by atoms with E-state index >= 15 is 0 Å². The average molecular weight is 281 g/mol. The number of nitro benzene ring substituents is 1. The fraction of sp³-hybridized carbons (Fsp3) is 0.417. The Morgan fingerprint density at radius 2 is 2.37 bits per heavy atom. The smallest absolute Gasteiger partial charge is 0.319 e. The minimum absolute atomic E-state index is 0.0231. The van der Waals surface area contributed by atoms with Gasteiger partial charge < -0.3 is 10.4 Å². The quantitative estimate of drug-likeness (QED) is 0.627. The van der Waals surface area contributed by atoms with Crippen molar-refractivity contribution in [1.82, 2.24) is 4.98 Å². The molecule has 0 aliphatic rings. The van der Waals surface area contributed by atoms with E-state index in [0.29, 0.717) is 24.2 Å². The molecule has 2 N–H and O–H groups in total. The van der Waals surface area contributed by atoms with Gasteiger partial charge in [-0.1, -0.05) is 6.92 Å². The molecule has 7 heteroatoms. The lowest BCUT2D eigenvalue weighted by atomic mass is 10.1. The number of aromatic nitrogens is 1. The van der Waals surface area contributed by atoms with Gasteiger partial charge in [0, 0.05) is 13.2 Å². The molecule has 0 fully saturated rings. The number of aliphatic hydroxyl groups is 1. The monoisotopic (exact) mass is 281 g/mol. The van der Waals surface area contributed by atoms with Gasteiger partial charge in [0.05, 0.1) is 15.1 Å². The Morgan fingerprint density at radius 3 is 3.05 bits per heavy atom. The second-order valence-electron chi connectivity index (χ2n) is 4.42. The van der Waals surface area contributed by atoms with Crippen LogP contribution >= 0.6 is 11.3 Å². The summed E-state index contributed by atoms with van der Waals surface area (Å²) in [6.45, 7) is 2.68. The zero-order valence-corrected chi connectivity index (χ0v) is 11.3. The van der Waals surface area contributed by atoms with Crippen LogP contribution in [0.3, 0.4) is 0 Å². The molecule has 1 aromatic heterocycles. The summed E-state index contributed by atoms with van der Waals surface area (Å²) in [6, 6.07) is 3.54. The van der Waals surface area contributed by atoms with Crippen molar-refractivity contribution in [3.05, 3.63) is 27.8 Å². The van der Waals surface area contributed by atoms with Crippen molar-refractivity contribution in [1.29, 1.82) is 0 Å². The molecule has 102 valence electrons. The Kier molecular flexibility index (Phi) is 4.28. The molecule has 1 heterocycles. The van der Waals surface area contributed by atoms with Crippen molar-refractivity contribution < 1.29 is 10.0 Å². The first-order valence-electron chi connectivity index (χ1n) is 5.98. The van der Waals surface area contributed by atoms with Gasteiger partial charge in [-0.2, -0.15) is 0 Å². The summed E-state index contributed by atoms with van der Waals surface area (Å²) in [6.07, 6.45) is 0.666. The molecule has 2 rings (SSSR count). The van der Waals surface area contributed by atoms with E-state index in [9.17, 15) is 10.1 Å². The molecule has 6 nitrogen and oxygen atoms in total. The third-order valence-corrected chi connectivity index (χ3v) is 3.72. The van der Waals surface area contributed by atoms with Gasteiger partial charge in [-0.3, -0.25) is 10.1 Å². The topological polar surface area (TPSA) is 88.3 Å². The molecule has 0 spiro atoms. The van der Waals surface area contributed by atoms with E-state index in [0.717, 1.165) is 4.70 Å². The maximum atomic E-state index is 11.2. The fourth-order valence-electron chi connectivity index (χ4n) is 1.85. The normalized spacial score (nSPS) is 12.5. The summed E-state index contributed by atoms with van der Waals surface area (Å²) in [5.74, 6) is 0.246. The Balaban J connectivity index is 2.27. The largest absolute Gasteiger partial charge is 0.396 e. The molecule has 0 aliphatic carbocycles. The van der Waals surface area contributed by atoms with Gasteiger partial charge in [-0.25, -0.2) is 4.98 Å². The van der Waals surface area contributed by atoms with Crippen molar-refractivity contribution in [2.45, 2.75) is 13.3 Å². The standard InChI is InChI=1S/C12H15N3O3S/c1-8(4-5-16)6-13-9-2-3-10-11(14-7-19-10)12(9)15(17)18/h2-3,7-8,13,16H,4-6H2,1H3. The molecule has 2 aromatic rings. The number of anilines is 1. The van der Waals surface area contributed by atoms with E-state index in [2.05, 4.69) is 10.3 Å². The molecule has 0 saturated carbocycles. The first-order valence-corrected chi connectivity index (χ1v) is 6.86. The number of fused-ring (bicyclic) bond motifs is 1. The maximum Gasteiger partial charge on any atom is 0.319 e. The van der Waals surface area contributed by atoms with Gasteiger partial charge in [0.1, 0.15) is 5.69 Å². The number of hydrogen-bond acceptors (Lipinski definition) is 6. The highest BCUT2D eigenvalue weighted by atomic mass is 32.1. The summed E-state index contributed by atoms with van der Waals surface area (Å²) in [7, 11) is 0. The SMILES string of the molecule is CC(CCO)CNc1ccc2scnc2c1[N+](=O)[O-]. The Morgan fingerprint density at radius 1 is 1.58 bits per heavy atom. The van der Waals surface area contributed by atoms with E-state index in [4.69, 9.17) is 5.11 Å². The van der Waals surface area contributed by atoms with Crippen LogP contribution in [0.4, 0.5) is 11.4 Å². The van der Waals surface area contributed by atoms with Crippen LogP contribution in [0.15, 0.2) is 17.6 Å². The van der Waals surface area contributed by atoms with E-state index in [1.165, 1.54) is 11.3 Å². The second-order valence-corrected chi connectivity index (χ2v) is 5.30. The number of hydrogen-bond donors (Lipinski definition) is 2. The first-order chi connectivity index (χ1) is 9.13. The molecule has 0 bridgehead atoms. The van der Waals surface area contributed by atoms with Crippen LogP contribution in [0.5, 0.6) is 0 Å². The number of benzene rings is 1. The minimum Gasteiger partial charge on any atom is -0.396 e. The molecule has 0 saturated heterocycles. The van der Waals surface area contributed by atoms with Crippen molar-refractivity contribution in [2.75, 3.05) is 18.5 Å². The molecule has 0 amide bonds. The number of nitrogens with one attached hydrogen (secondary N) is 1. The van der Waals surface area contributed by atoms with Crippen LogP contribution in [-0.2, 0) is 0 Å².